The first-order chi connectivity index (χ1) is 14.4. The summed E-state index contributed by atoms with van der Waals surface area (Å²) in [5, 5.41) is 18.0. The molecule has 1 aromatic heterocycles. The van der Waals surface area contributed by atoms with E-state index in [1.165, 1.54) is 18.2 Å². The van der Waals surface area contributed by atoms with Gasteiger partial charge in [0.2, 0.25) is 0 Å². The molecule has 10 heteroatoms. The van der Waals surface area contributed by atoms with Crippen LogP contribution in [0.3, 0.4) is 0 Å². The van der Waals surface area contributed by atoms with Crippen LogP contribution >= 0.6 is 27.5 Å². The highest BCUT2D eigenvalue weighted by molar-refractivity contribution is 9.10. The van der Waals surface area contributed by atoms with Gasteiger partial charge in [0, 0.05) is 37.0 Å². The van der Waals surface area contributed by atoms with Gasteiger partial charge < -0.3 is 10.1 Å². The number of halogens is 2. The van der Waals surface area contributed by atoms with Gasteiger partial charge in [0.1, 0.15) is 12.4 Å². The zero-order valence-corrected chi connectivity index (χ0v) is 18.1. The van der Waals surface area contributed by atoms with Gasteiger partial charge in [0.25, 0.3) is 11.6 Å². The number of ether oxygens (including phenoxy) is 1. The Labute approximate surface area is 186 Å². The molecule has 0 aliphatic rings. The maximum absolute atomic E-state index is 12.2. The predicted molar refractivity (Wildman–Crippen MR) is 116 cm³/mol. The van der Waals surface area contributed by atoms with Crippen LogP contribution in [0.25, 0.3) is 0 Å². The summed E-state index contributed by atoms with van der Waals surface area (Å²) in [5.74, 6) is 0.204. The number of rotatable bonds is 9. The number of hydrogen-bond acceptors (Lipinski definition) is 5. The fourth-order valence-corrected chi connectivity index (χ4v) is 3.20. The average molecular weight is 494 g/mol. The van der Waals surface area contributed by atoms with Gasteiger partial charge in [-0.1, -0.05) is 23.7 Å². The minimum atomic E-state index is -0.518. The maximum Gasteiger partial charge on any atom is 0.271 e. The van der Waals surface area contributed by atoms with Crippen LogP contribution in [0.4, 0.5) is 5.69 Å². The summed E-state index contributed by atoms with van der Waals surface area (Å²) in [7, 11) is 0. The molecule has 2 aromatic carbocycles. The molecule has 0 radical (unpaired) electrons. The van der Waals surface area contributed by atoms with Crippen LogP contribution in [0, 0.1) is 10.1 Å². The van der Waals surface area contributed by atoms with Crippen LogP contribution in [0.5, 0.6) is 5.75 Å². The van der Waals surface area contributed by atoms with Crippen LogP contribution in [0.1, 0.15) is 22.3 Å². The van der Waals surface area contributed by atoms with Crippen molar-refractivity contribution >= 4 is 39.1 Å². The van der Waals surface area contributed by atoms with E-state index in [-0.39, 0.29) is 23.2 Å². The monoisotopic (exact) mass is 492 g/mol. The first-order valence-electron chi connectivity index (χ1n) is 9.04. The number of non-ortho nitro benzene ring substituents is 1. The Morgan fingerprint density at radius 2 is 2.03 bits per heavy atom. The van der Waals surface area contributed by atoms with Crippen molar-refractivity contribution < 1.29 is 14.5 Å². The predicted octanol–water partition coefficient (Wildman–Crippen LogP) is 4.61. The SMILES string of the molecule is O=C(NCCCn1cc(Br)cn1)c1ccc(COc2ccc([N+](=O)[O-])cc2Cl)cc1. The van der Waals surface area contributed by atoms with Crippen LogP contribution in [0.2, 0.25) is 5.02 Å². The Hall–Kier alpha value is -2.91. The van der Waals surface area contributed by atoms with Crippen molar-refractivity contribution in [2.45, 2.75) is 19.6 Å². The summed E-state index contributed by atoms with van der Waals surface area (Å²) in [4.78, 5) is 22.5. The number of amides is 1. The first-order valence-corrected chi connectivity index (χ1v) is 10.2. The number of nitro groups is 1. The van der Waals surface area contributed by atoms with Gasteiger partial charge in [-0.15, -0.1) is 0 Å². The molecule has 0 spiro atoms. The standard InChI is InChI=1S/C20H18BrClN4O4/c21-16-11-24-25(12-16)9-1-8-23-20(27)15-4-2-14(3-5-15)13-30-19-7-6-17(26(28)29)10-18(19)22/h2-7,10-12H,1,8-9,13H2,(H,23,27). The lowest BCUT2D eigenvalue weighted by Gasteiger charge is -2.09. The Balaban J connectivity index is 1.46. The van der Waals surface area contributed by atoms with E-state index in [1.54, 1.807) is 30.5 Å². The molecule has 0 aliphatic heterocycles. The highest BCUT2D eigenvalue weighted by Crippen LogP contribution is 2.29. The summed E-state index contributed by atoms with van der Waals surface area (Å²) in [5.41, 5.74) is 1.29. The molecule has 1 heterocycles. The van der Waals surface area contributed by atoms with Crippen LogP contribution < -0.4 is 10.1 Å². The van der Waals surface area contributed by atoms with E-state index in [0.717, 1.165) is 16.5 Å². The maximum atomic E-state index is 12.2. The fraction of sp³-hybridized carbons (Fsp3) is 0.200. The number of carbonyl (C=O) groups excluding carboxylic acids is 1. The molecular weight excluding hydrogens is 476 g/mol. The Morgan fingerprint density at radius 3 is 2.67 bits per heavy atom. The van der Waals surface area contributed by atoms with E-state index in [4.69, 9.17) is 16.3 Å². The van der Waals surface area contributed by atoms with Gasteiger partial charge in [-0.2, -0.15) is 5.10 Å². The molecule has 156 valence electrons. The first kappa shape index (κ1) is 21.8. The second kappa shape index (κ2) is 10.2. The highest BCUT2D eigenvalue weighted by Gasteiger charge is 2.11. The quantitative estimate of drug-likeness (QED) is 0.267. The molecule has 8 nitrogen and oxygen atoms in total. The number of hydrogen-bond donors (Lipinski definition) is 1. The summed E-state index contributed by atoms with van der Waals surface area (Å²) in [6.07, 6.45) is 4.37. The van der Waals surface area contributed by atoms with Crippen molar-refractivity contribution in [3.05, 3.63) is 85.6 Å². The lowest BCUT2D eigenvalue weighted by molar-refractivity contribution is -0.384. The van der Waals surface area contributed by atoms with E-state index >= 15 is 0 Å². The Kier molecular flexibility index (Phi) is 7.42. The number of carbonyl (C=O) groups is 1. The summed E-state index contributed by atoms with van der Waals surface area (Å²) in [6.45, 7) is 1.48. The molecule has 0 saturated carbocycles. The third-order valence-corrected chi connectivity index (χ3v) is 4.89. The molecule has 0 aliphatic carbocycles. The third-order valence-electron chi connectivity index (χ3n) is 4.19. The molecule has 3 rings (SSSR count). The zero-order valence-electron chi connectivity index (χ0n) is 15.8. The van der Waals surface area contributed by atoms with E-state index in [9.17, 15) is 14.9 Å². The number of benzene rings is 2. The minimum absolute atomic E-state index is 0.0970. The highest BCUT2D eigenvalue weighted by atomic mass is 79.9. The fourth-order valence-electron chi connectivity index (χ4n) is 2.64. The normalized spacial score (nSPS) is 10.6. The Bertz CT molecular complexity index is 1040. The summed E-state index contributed by atoms with van der Waals surface area (Å²) >= 11 is 9.36. The molecule has 3 aromatic rings. The van der Waals surface area contributed by atoms with Crippen molar-refractivity contribution in [1.29, 1.82) is 0 Å². The van der Waals surface area contributed by atoms with Crippen molar-refractivity contribution in [2.24, 2.45) is 0 Å². The lowest BCUT2D eigenvalue weighted by atomic mass is 10.1. The Morgan fingerprint density at radius 1 is 1.27 bits per heavy atom. The molecule has 0 atom stereocenters. The molecule has 1 N–H and O–H groups in total. The molecular formula is C20H18BrClN4O4. The average Bonchev–Trinajstić information content (AvgIpc) is 3.15. The van der Waals surface area contributed by atoms with Crippen molar-refractivity contribution in [3.8, 4) is 5.75 Å². The number of nitrogens with zero attached hydrogens (tertiary/aromatic N) is 3. The molecule has 0 fully saturated rings. The number of aromatic nitrogens is 2. The largest absolute Gasteiger partial charge is 0.487 e. The van der Waals surface area contributed by atoms with Gasteiger partial charge in [0.05, 0.1) is 20.6 Å². The van der Waals surface area contributed by atoms with Gasteiger partial charge in [-0.3, -0.25) is 19.6 Å². The van der Waals surface area contributed by atoms with Crippen molar-refractivity contribution in [1.82, 2.24) is 15.1 Å². The van der Waals surface area contributed by atoms with Crippen LogP contribution in [-0.4, -0.2) is 27.2 Å². The molecule has 0 unspecified atom stereocenters. The number of nitrogens with one attached hydrogen (secondary N) is 1. The van der Waals surface area contributed by atoms with Crippen molar-refractivity contribution in [2.75, 3.05) is 6.54 Å². The zero-order chi connectivity index (χ0) is 21.5. The van der Waals surface area contributed by atoms with E-state index in [1.807, 2.05) is 10.9 Å². The number of nitro benzene ring substituents is 1. The molecule has 0 bridgehead atoms. The second-order valence-corrected chi connectivity index (χ2v) is 7.71. The smallest absolute Gasteiger partial charge is 0.271 e. The number of aryl methyl sites for hydroxylation is 1. The third kappa shape index (κ3) is 6.04. The van der Waals surface area contributed by atoms with Gasteiger partial charge in [-0.25, -0.2) is 0 Å². The summed E-state index contributed by atoms with van der Waals surface area (Å²) in [6, 6.07) is 11.1. The molecule has 0 saturated heterocycles. The second-order valence-electron chi connectivity index (χ2n) is 6.39. The van der Waals surface area contributed by atoms with Crippen molar-refractivity contribution in [3.63, 3.8) is 0 Å². The van der Waals surface area contributed by atoms with E-state index < -0.39 is 4.92 Å². The molecule has 1 amide bonds. The minimum Gasteiger partial charge on any atom is -0.487 e. The van der Waals surface area contributed by atoms with Crippen LogP contribution in [0.15, 0.2) is 59.3 Å². The van der Waals surface area contributed by atoms with Gasteiger partial charge in [0.15, 0.2) is 0 Å². The van der Waals surface area contributed by atoms with Gasteiger partial charge >= 0.3 is 0 Å². The lowest BCUT2D eigenvalue weighted by Crippen LogP contribution is -2.25. The van der Waals surface area contributed by atoms with Gasteiger partial charge in [-0.05, 0) is 46.1 Å². The topological polar surface area (TPSA) is 99.3 Å². The summed E-state index contributed by atoms with van der Waals surface area (Å²) < 4.78 is 8.34. The molecule has 30 heavy (non-hydrogen) atoms. The van der Waals surface area contributed by atoms with E-state index in [0.29, 0.717) is 24.4 Å². The van der Waals surface area contributed by atoms with E-state index in [2.05, 4.69) is 26.3 Å². The van der Waals surface area contributed by atoms with Crippen LogP contribution in [-0.2, 0) is 13.2 Å².